The van der Waals surface area contributed by atoms with Crippen LogP contribution < -0.4 is 0 Å². The van der Waals surface area contributed by atoms with Gasteiger partial charge in [-0.25, -0.2) is 0 Å². The fourth-order valence-electron chi connectivity index (χ4n) is 2.98. The van der Waals surface area contributed by atoms with Gasteiger partial charge in [0.25, 0.3) is 0 Å². The third-order valence-electron chi connectivity index (χ3n) is 4.23. The molecule has 0 bridgehead atoms. The van der Waals surface area contributed by atoms with E-state index in [1.54, 1.807) is 10.9 Å². The molecule has 3 atom stereocenters. The molecular formula is C15H25N3O2S. The largest absolute Gasteiger partial charge is 0.461 e. The number of esters is 1. The van der Waals surface area contributed by atoms with Crippen molar-refractivity contribution in [1.82, 2.24) is 14.8 Å². The Hall–Kier alpha value is -1.04. The summed E-state index contributed by atoms with van der Waals surface area (Å²) in [6, 6.07) is 0. The summed E-state index contributed by atoms with van der Waals surface area (Å²) in [4.78, 5) is 12.1. The summed E-state index contributed by atoms with van der Waals surface area (Å²) in [5, 5.41) is 8.50. The van der Waals surface area contributed by atoms with E-state index < -0.39 is 0 Å². The van der Waals surface area contributed by atoms with Gasteiger partial charge in [0.1, 0.15) is 12.4 Å². The highest BCUT2D eigenvalue weighted by Crippen LogP contribution is 2.35. The van der Waals surface area contributed by atoms with Gasteiger partial charge in [-0.15, -0.1) is 10.2 Å². The summed E-state index contributed by atoms with van der Waals surface area (Å²) in [7, 11) is 1.87. The molecule has 21 heavy (non-hydrogen) atoms. The molecule has 0 N–H and O–H groups in total. The Balaban J connectivity index is 1.86. The Bertz CT molecular complexity index is 475. The molecule has 118 valence electrons. The average molecular weight is 311 g/mol. The number of ether oxygens (including phenoxy) is 1. The van der Waals surface area contributed by atoms with E-state index in [0.717, 1.165) is 18.0 Å². The third-order valence-corrected chi connectivity index (χ3v) is 5.24. The van der Waals surface area contributed by atoms with Gasteiger partial charge in [-0.1, -0.05) is 39.0 Å². The molecule has 5 nitrogen and oxygen atoms in total. The SMILES string of the molecule is CC(C)[C@H]1CC[C@H](C)C[C@H]1OC(=O)CSc1nncn1C. The minimum absolute atomic E-state index is 0.0707. The molecule has 1 fully saturated rings. The number of rotatable bonds is 5. The number of aromatic nitrogens is 3. The van der Waals surface area contributed by atoms with Gasteiger partial charge in [0.05, 0.1) is 5.75 Å². The van der Waals surface area contributed by atoms with Crippen LogP contribution in [0.4, 0.5) is 0 Å². The van der Waals surface area contributed by atoms with Crippen molar-refractivity contribution >= 4 is 17.7 Å². The minimum atomic E-state index is -0.146. The first-order valence-corrected chi connectivity index (χ1v) is 8.62. The first-order valence-electron chi connectivity index (χ1n) is 7.63. The van der Waals surface area contributed by atoms with Crippen LogP contribution in [0.25, 0.3) is 0 Å². The quantitative estimate of drug-likeness (QED) is 0.618. The van der Waals surface area contributed by atoms with Crippen molar-refractivity contribution < 1.29 is 9.53 Å². The van der Waals surface area contributed by atoms with Gasteiger partial charge in [0, 0.05) is 7.05 Å². The number of carbonyl (C=O) groups excluding carboxylic acids is 1. The summed E-state index contributed by atoms with van der Waals surface area (Å²) in [5.41, 5.74) is 0. The smallest absolute Gasteiger partial charge is 0.316 e. The van der Waals surface area contributed by atoms with Crippen molar-refractivity contribution in [3.63, 3.8) is 0 Å². The van der Waals surface area contributed by atoms with E-state index in [2.05, 4.69) is 31.0 Å². The predicted molar refractivity (Wildman–Crippen MR) is 83.0 cm³/mol. The predicted octanol–water partition coefficient (Wildman–Crippen LogP) is 2.91. The number of thioether (sulfide) groups is 1. The molecule has 2 rings (SSSR count). The number of hydrogen-bond donors (Lipinski definition) is 0. The van der Waals surface area contributed by atoms with Gasteiger partial charge >= 0.3 is 5.97 Å². The zero-order valence-electron chi connectivity index (χ0n) is 13.3. The van der Waals surface area contributed by atoms with E-state index in [-0.39, 0.29) is 12.1 Å². The molecule has 6 heteroatoms. The Morgan fingerprint density at radius 3 is 2.90 bits per heavy atom. The maximum atomic E-state index is 12.1. The number of aryl methyl sites for hydroxylation is 1. The molecule has 0 radical (unpaired) electrons. The summed E-state index contributed by atoms with van der Waals surface area (Å²) in [5.74, 6) is 1.84. The van der Waals surface area contributed by atoms with E-state index in [4.69, 9.17) is 4.74 Å². The average Bonchev–Trinajstić information content (AvgIpc) is 2.81. The second-order valence-corrected chi connectivity index (χ2v) is 7.31. The fourth-order valence-corrected chi connectivity index (χ4v) is 3.65. The van der Waals surface area contributed by atoms with E-state index in [1.807, 2.05) is 7.05 Å². The van der Waals surface area contributed by atoms with Crippen molar-refractivity contribution in [1.29, 1.82) is 0 Å². The zero-order chi connectivity index (χ0) is 15.4. The van der Waals surface area contributed by atoms with E-state index in [0.29, 0.717) is 23.5 Å². The number of nitrogens with zero attached hydrogens (tertiary/aromatic N) is 3. The highest BCUT2D eigenvalue weighted by Gasteiger charge is 2.33. The van der Waals surface area contributed by atoms with E-state index in [9.17, 15) is 4.79 Å². The maximum absolute atomic E-state index is 12.1. The monoisotopic (exact) mass is 311 g/mol. The molecule has 0 unspecified atom stereocenters. The van der Waals surface area contributed by atoms with Crippen LogP contribution in [-0.2, 0) is 16.6 Å². The number of hydrogen-bond acceptors (Lipinski definition) is 5. The fraction of sp³-hybridized carbons (Fsp3) is 0.800. The number of carbonyl (C=O) groups is 1. The van der Waals surface area contributed by atoms with Gasteiger partial charge in [0.2, 0.25) is 0 Å². The van der Waals surface area contributed by atoms with Crippen LogP contribution in [0.15, 0.2) is 11.5 Å². The standard InChI is InChI=1S/C15H25N3O2S/c1-10(2)12-6-5-11(3)7-13(12)20-14(19)8-21-15-17-16-9-18(15)4/h9-13H,5-8H2,1-4H3/t11-,12+,13+/m0/s1. The van der Waals surface area contributed by atoms with E-state index >= 15 is 0 Å². The molecule has 0 spiro atoms. The van der Waals surface area contributed by atoms with Crippen LogP contribution in [0.3, 0.4) is 0 Å². The van der Waals surface area contributed by atoms with Crippen LogP contribution in [0.2, 0.25) is 0 Å². The van der Waals surface area contributed by atoms with Gasteiger partial charge in [0.15, 0.2) is 5.16 Å². The van der Waals surface area contributed by atoms with Crippen LogP contribution >= 0.6 is 11.8 Å². The molecule has 0 amide bonds. The van der Waals surface area contributed by atoms with Crippen molar-refractivity contribution in [3.8, 4) is 0 Å². The van der Waals surface area contributed by atoms with Crippen LogP contribution in [0, 0.1) is 17.8 Å². The molecule has 1 aliphatic carbocycles. The Labute approximate surface area is 130 Å². The first kappa shape index (κ1) is 16.3. The van der Waals surface area contributed by atoms with Crippen LogP contribution in [0.5, 0.6) is 0 Å². The normalized spacial score (nSPS) is 26.0. The molecule has 0 aliphatic heterocycles. The van der Waals surface area contributed by atoms with Gasteiger partial charge in [-0.05, 0) is 30.6 Å². The lowest BCUT2D eigenvalue weighted by Gasteiger charge is -2.36. The lowest BCUT2D eigenvalue weighted by Crippen LogP contribution is -2.36. The van der Waals surface area contributed by atoms with Gasteiger partial charge < -0.3 is 9.30 Å². The lowest BCUT2D eigenvalue weighted by molar-refractivity contribution is -0.152. The van der Waals surface area contributed by atoms with Gasteiger partial charge in [-0.3, -0.25) is 4.79 Å². The molecule has 1 saturated carbocycles. The molecule has 0 saturated heterocycles. The summed E-state index contributed by atoms with van der Waals surface area (Å²) >= 11 is 1.38. The molecular weight excluding hydrogens is 286 g/mol. The summed E-state index contributed by atoms with van der Waals surface area (Å²) < 4.78 is 7.56. The van der Waals surface area contributed by atoms with Crippen molar-refractivity contribution in [2.45, 2.75) is 51.3 Å². The van der Waals surface area contributed by atoms with Crippen molar-refractivity contribution in [2.24, 2.45) is 24.8 Å². The first-order chi connectivity index (χ1) is 9.97. The lowest BCUT2D eigenvalue weighted by atomic mass is 9.75. The van der Waals surface area contributed by atoms with Gasteiger partial charge in [-0.2, -0.15) is 0 Å². The Kier molecular flexibility index (Phi) is 5.67. The summed E-state index contributed by atoms with van der Waals surface area (Å²) in [6.07, 6.45) is 5.09. The van der Waals surface area contributed by atoms with Crippen molar-refractivity contribution in [2.75, 3.05) is 5.75 Å². The molecule has 1 aromatic rings. The maximum Gasteiger partial charge on any atom is 0.316 e. The molecule has 0 aromatic carbocycles. The van der Waals surface area contributed by atoms with Crippen LogP contribution in [0.1, 0.15) is 40.0 Å². The van der Waals surface area contributed by atoms with Crippen LogP contribution in [-0.4, -0.2) is 32.6 Å². The zero-order valence-corrected chi connectivity index (χ0v) is 14.1. The molecule has 1 heterocycles. The second kappa shape index (κ2) is 7.29. The topological polar surface area (TPSA) is 57.0 Å². The minimum Gasteiger partial charge on any atom is -0.461 e. The highest BCUT2D eigenvalue weighted by molar-refractivity contribution is 7.99. The molecule has 1 aromatic heterocycles. The second-order valence-electron chi connectivity index (χ2n) is 6.37. The third kappa shape index (κ3) is 4.46. The Morgan fingerprint density at radius 2 is 2.29 bits per heavy atom. The van der Waals surface area contributed by atoms with Crippen molar-refractivity contribution in [3.05, 3.63) is 6.33 Å². The molecule has 1 aliphatic rings. The summed E-state index contributed by atoms with van der Waals surface area (Å²) in [6.45, 7) is 6.68. The Morgan fingerprint density at radius 1 is 1.52 bits per heavy atom. The highest BCUT2D eigenvalue weighted by atomic mass is 32.2. The van der Waals surface area contributed by atoms with E-state index in [1.165, 1.54) is 18.2 Å².